The van der Waals surface area contributed by atoms with Crippen LogP contribution in [0.4, 0.5) is 0 Å². The number of carbonyl (C=O) groups is 1. The molecular weight excluding hydrogens is 266 g/mol. The van der Waals surface area contributed by atoms with Crippen LogP contribution in [0.25, 0.3) is 0 Å². The van der Waals surface area contributed by atoms with Crippen LogP contribution in [0.5, 0.6) is 0 Å². The van der Waals surface area contributed by atoms with Crippen LogP contribution in [0.1, 0.15) is 19.4 Å². The van der Waals surface area contributed by atoms with E-state index in [-0.39, 0.29) is 17.4 Å². The van der Waals surface area contributed by atoms with Crippen molar-refractivity contribution in [3.8, 4) is 0 Å². The lowest BCUT2D eigenvalue weighted by atomic mass is 10.2. The van der Waals surface area contributed by atoms with Gasteiger partial charge in [-0.2, -0.15) is 4.31 Å². The van der Waals surface area contributed by atoms with Gasteiger partial charge in [0.2, 0.25) is 10.0 Å². The number of carboxylic acid groups (broad SMARTS) is 1. The lowest BCUT2D eigenvalue weighted by Crippen LogP contribution is -2.38. The fraction of sp³-hybridized carbons (Fsp3) is 0.462. The Balaban J connectivity index is 3.19. The summed E-state index contributed by atoms with van der Waals surface area (Å²) in [5, 5.41) is 8.87. The van der Waals surface area contributed by atoms with Crippen molar-refractivity contribution in [1.29, 1.82) is 0 Å². The topological polar surface area (TPSA) is 74.7 Å². The van der Waals surface area contributed by atoms with E-state index in [1.54, 1.807) is 25.1 Å². The van der Waals surface area contributed by atoms with Gasteiger partial charge in [0.15, 0.2) is 0 Å². The smallest absolute Gasteiger partial charge is 0.318 e. The number of aryl methyl sites for hydroxylation is 1. The van der Waals surface area contributed by atoms with Crippen molar-refractivity contribution in [2.75, 3.05) is 13.1 Å². The van der Waals surface area contributed by atoms with Crippen LogP contribution in [0.15, 0.2) is 29.2 Å². The number of hydrogen-bond donors (Lipinski definition) is 1. The average molecular weight is 285 g/mol. The van der Waals surface area contributed by atoms with Crippen LogP contribution in [0.2, 0.25) is 0 Å². The maximum absolute atomic E-state index is 12.5. The molecule has 0 aliphatic heterocycles. The third kappa shape index (κ3) is 4.04. The molecule has 0 radical (unpaired) electrons. The van der Waals surface area contributed by atoms with E-state index in [0.29, 0.717) is 5.56 Å². The van der Waals surface area contributed by atoms with E-state index in [1.165, 1.54) is 6.07 Å². The van der Waals surface area contributed by atoms with Crippen molar-refractivity contribution in [3.05, 3.63) is 29.8 Å². The Morgan fingerprint density at radius 3 is 2.37 bits per heavy atom. The van der Waals surface area contributed by atoms with Crippen molar-refractivity contribution < 1.29 is 18.3 Å². The van der Waals surface area contributed by atoms with Crippen molar-refractivity contribution in [1.82, 2.24) is 4.31 Å². The number of nitrogens with zero attached hydrogens (tertiary/aromatic N) is 1. The zero-order valence-electron chi connectivity index (χ0n) is 11.3. The summed E-state index contributed by atoms with van der Waals surface area (Å²) in [6.45, 7) is 5.06. The molecule has 0 amide bonds. The standard InChI is InChI=1S/C13H19NO4S/c1-10(2)8-14(9-13(15)16)19(17,18)12-7-5-4-6-11(12)3/h4-7,10H,8-9H2,1-3H3,(H,15,16). The van der Waals surface area contributed by atoms with Gasteiger partial charge in [-0.3, -0.25) is 4.79 Å². The molecule has 0 saturated carbocycles. The zero-order chi connectivity index (χ0) is 14.6. The highest BCUT2D eigenvalue weighted by atomic mass is 32.2. The Bertz CT molecular complexity index is 552. The highest BCUT2D eigenvalue weighted by molar-refractivity contribution is 7.89. The monoisotopic (exact) mass is 285 g/mol. The van der Waals surface area contributed by atoms with Crippen molar-refractivity contribution in [3.63, 3.8) is 0 Å². The van der Waals surface area contributed by atoms with E-state index in [2.05, 4.69) is 0 Å². The van der Waals surface area contributed by atoms with E-state index in [4.69, 9.17) is 5.11 Å². The number of hydrogen-bond acceptors (Lipinski definition) is 3. The highest BCUT2D eigenvalue weighted by Crippen LogP contribution is 2.20. The Hall–Kier alpha value is -1.40. The van der Waals surface area contributed by atoms with Gasteiger partial charge in [0.05, 0.1) is 4.90 Å². The molecule has 19 heavy (non-hydrogen) atoms. The molecule has 1 aromatic rings. The first-order valence-electron chi connectivity index (χ1n) is 6.02. The SMILES string of the molecule is Cc1ccccc1S(=O)(=O)N(CC(=O)O)CC(C)C. The molecule has 1 N–H and O–H groups in total. The van der Waals surface area contributed by atoms with Gasteiger partial charge >= 0.3 is 5.97 Å². The molecule has 0 saturated heterocycles. The molecular formula is C13H19NO4S. The van der Waals surface area contributed by atoms with Crippen molar-refractivity contribution >= 4 is 16.0 Å². The molecule has 0 aromatic heterocycles. The average Bonchev–Trinajstić information content (AvgIpc) is 2.27. The maximum Gasteiger partial charge on any atom is 0.318 e. The summed E-state index contributed by atoms with van der Waals surface area (Å²) in [6, 6.07) is 6.58. The molecule has 0 spiro atoms. The summed E-state index contributed by atoms with van der Waals surface area (Å²) >= 11 is 0. The van der Waals surface area contributed by atoms with Crippen LogP contribution in [0, 0.1) is 12.8 Å². The summed E-state index contributed by atoms with van der Waals surface area (Å²) in [5.74, 6) is -1.10. The van der Waals surface area contributed by atoms with E-state index in [9.17, 15) is 13.2 Å². The summed E-state index contributed by atoms with van der Waals surface area (Å²) in [6.07, 6.45) is 0. The second kappa shape index (κ2) is 6.16. The van der Waals surface area contributed by atoms with Gasteiger partial charge in [-0.1, -0.05) is 32.0 Å². The lowest BCUT2D eigenvalue weighted by molar-refractivity contribution is -0.137. The summed E-state index contributed by atoms with van der Waals surface area (Å²) in [7, 11) is -3.77. The van der Waals surface area contributed by atoms with Gasteiger partial charge < -0.3 is 5.11 Å². The minimum atomic E-state index is -3.77. The van der Waals surface area contributed by atoms with Gasteiger partial charge in [-0.25, -0.2) is 8.42 Å². The second-order valence-corrected chi connectivity index (χ2v) is 6.76. The van der Waals surface area contributed by atoms with Gasteiger partial charge in [-0.05, 0) is 24.5 Å². The fourth-order valence-electron chi connectivity index (χ4n) is 1.79. The lowest BCUT2D eigenvalue weighted by Gasteiger charge is -2.23. The molecule has 6 heteroatoms. The number of benzene rings is 1. The Morgan fingerprint density at radius 1 is 1.32 bits per heavy atom. The summed E-state index contributed by atoms with van der Waals surface area (Å²) < 4.78 is 26.0. The van der Waals surface area contributed by atoms with E-state index < -0.39 is 22.5 Å². The first-order valence-corrected chi connectivity index (χ1v) is 7.46. The first-order chi connectivity index (χ1) is 8.75. The van der Waals surface area contributed by atoms with Crippen LogP contribution in [-0.4, -0.2) is 36.9 Å². The molecule has 106 valence electrons. The second-order valence-electron chi connectivity index (χ2n) is 4.85. The molecule has 0 aliphatic rings. The molecule has 0 fully saturated rings. The normalized spacial score (nSPS) is 12.1. The third-order valence-electron chi connectivity index (χ3n) is 2.59. The number of carboxylic acids is 1. The highest BCUT2D eigenvalue weighted by Gasteiger charge is 2.28. The number of aliphatic carboxylic acids is 1. The fourth-order valence-corrected chi connectivity index (χ4v) is 3.57. The third-order valence-corrected chi connectivity index (χ3v) is 4.56. The Morgan fingerprint density at radius 2 is 1.89 bits per heavy atom. The largest absolute Gasteiger partial charge is 0.480 e. The van der Waals surface area contributed by atoms with E-state index in [1.807, 2.05) is 13.8 Å². The molecule has 5 nitrogen and oxygen atoms in total. The first kappa shape index (κ1) is 15.7. The van der Waals surface area contributed by atoms with Crippen LogP contribution in [0.3, 0.4) is 0 Å². The van der Waals surface area contributed by atoms with Gasteiger partial charge in [0.1, 0.15) is 6.54 Å². The van der Waals surface area contributed by atoms with Gasteiger partial charge in [0.25, 0.3) is 0 Å². The Kier molecular flexibility index (Phi) is 5.08. The summed E-state index contributed by atoms with van der Waals surface area (Å²) in [5.41, 5.74) is 0.613. The van der Waals surface area contributed by atoms with Crippen LogP contribution in [-0.2, 0) is 14.8 Å². The number of rotatable bonds is 6. The number of sulfonamides is 1. The van der Waals surface area contributed by atoms with Crippen LogP contribution < -0.4 is 0 Å². The molecule has 0 heterocycles. The molecule has 0 aliphatic carbocycles. The Labute approximate surface area is 113 Å². The zero-order valence-corrected chi connectivity index (χ0v) is 12.1. The molecule has 0 bridgehead atoms. The quantitative estimate of drug-likeness (QED) is 0.863. The predicted octanol–water partition coefficient (Wildman–Crippen LogP) is 1.73. The van der Waals surface area contributed by atoms with Crippen molar-refractivity contribution in [2.24, 2.45) is 5.92 Å². The summed E-state index contributed by atoms with van der Waals surface area (Å²) in [4.78, 5) is 11.0. The minimum absolute atomic E-state index is 0.0538. The van der Waals surface area contributed by atoms with E-state index >= 15 is 0 Å². The van der Waals surface area contributed by atoms with Crippen LogP contribution >= 0.6 is 0 Å². The van der Waals surface area contributed by atoms with Crippen molar-refractivity contribution in [2.45, 2.75) is 25.7 Å². The van der Waals surface area contributed by atoms with Gasteiger partial charge in [0, 0.05) is 6.54 Å². The molecule has 0 unspecified atom stereocenters. The molecule has 1 aromatic carbocycles. The van der Waals surface area contributed by atoms with E-state index in [0.717, 1.165) is 4.31 Å². The predicted molar refractivity (Wildman–Crippen MR) is 72.4 cm³/mol. The maximum atomic E-state index is 12.5. The van der Waals surface area contributed by atoms with Gasteiger partial charge in [-0.15, -0.1) is 0 Å². The minimum Gasteiger partial charge on any atom is -0.480 e. The molecule has 0 atom stereocenters. The molecule has 1 rings (SSSR count).